The summed E-state index contributed by atoms with van der Waals surface area (Å²) in [6, 6.07) is 15.6. The van der Waals surface area contributed by atoms with Crippen LogP contribution in [0.2, 0.25) is 0 Å². The van der Waals surface area contributed by atoms with E-state index in [1.54, 1.807) is 32.2 Å². The van der Waals surface area contributed by atoms with E-state index in [0.29, 0.717) is 16.3 Å². The summed E-state index contributed by atoms with van der Waals surface area (Å²) in [5.41, 5.74) is 6.07. The SMILES string of the molecule is CNCc1ccc(-c2cc(-c3cc(-c4ccc(S(O)(O)C(C)C)cn4)cnc3C)on2)cc1. The molecule has 0 aliphatic rings. The third-order valence-corrected chi connectivity index (χ3v) is 7.78. The Morgan fingerprint density at radius 1 is 0.939 bits per heavy atom. The first-order valence-corrected chi connectivity index (χ1v) is 12.3. The minimum absolute atomic E-state index is 0.280. The first-order valence-electron chi connectivity index (χ1n) is 10.7. The summed E-state index contributed by atoms with van der Waals surface area (Å²) in [6.07, 6.45) is 3.27. The molecule has 8 heteroatoms. The molecular formula is C25H28N4O3S. The van der Waals surface area contributed by atoms with Gasteiger partial charge in [-0.15, -0.1) is 0 Å². The molecule has 172 valence electrons. The number of aryl methyl sites for hydroxylation is 1. The van der Waals surface area contributed by atoms with E-state index in [1.165, 1.54) is 11.8 Å². The quantitative estimate of drug-likeness (QED) is 0.307. The summed E-state index contributed by atoms with van der Waals surface area (Å²) in [7, 11) is -0.946. The van der Waals surface area contributed by atoms with Gasteiger partial charge in [0.2, 0.25) is 0 Å². The van der Waals surface area contributed by atoms with Crippen LogP contribution in [0.15, 0.2) is 70.3 Å². The molecule has 0 bridgehead atoms. The van der Waals surface area contributed by atoms with Gasteiger partial charge in [-0.1, -0.05) is 29.4 Å². The van der Waals surface area contributed by atoms with Gasteiger partial charge in [0.15, 0.2) is 5.76 Å². The van der Waals surface area contributed by atoms with E-state index in [0.717, 1.165) is 34.6 Å². The van der Waals surface area contributed by atoms with Crippen molar-refractivity contribution < 1.29 is 13.6 Å². The summed E-state index contributed by atoms with van der Waals surface area (Å²) in [4.78, 5) is 9.40. The number of pyridine rings is 2. The Balaban J connectivity index is 1.62. The van der Waals surface area contributed by atoms with Gasteiger partial charge in [-0.25, -0.2) is 0 Å². The average molecular weight is 465 g/mol. The van der Waals surface area contributed by atoms with Gasteiger partial charge >= 0.3 is 0 Å². The van der Waals surface area contributed by atoms with Crippen molar-refractivity contribution in [2.75, 3.05) is 7.05 Å². The highest BCUT2D eigenvalue weighted by Crippen LogP contribution is 2.51. The highest BCUT2D eigenvalue weighted by Gasteiger charge is 2.21. The van der Waals surface area contributed by atoms with E-state index in [4.69, 9.17) is 4.52 Å². The molecule has 0 unspecified atom stereocenters. The van der Waals surface area contributed by atoms with Gasteiger partial charge in [-0.05, 0) is 51.6 Å². The van der Waals surface area contributed by atoms with Crippen molar-refractivity contribution in [3.8, 4) is 33.8 Å². The minimum atomic E-state index is -2.87. The van der Waals surface area contributed by atoms with Gasteiger partial charge in [-0.3, -0.25) is 19.1 Å². The fourth-order valence-electron chi connectivity index (χ4n) is 3.46. The van der Waals surface area contributed by atoms with Crippen LogP contribution in [-0.4, -0.2) is 36.5 Å². The molecule has 1 aromatic carbocycles. The van der Waals surface area contributed by atoms with E-state index in [9.17, 15) is 9.11 Å². The van der Waals surface area contributed by atoms with Crippen molar-refractivity contribution in [3.05, 3.63) is 72.2 Å². The standard InChI is InChI=1S/C25H28N4O3S/c1-16(2)33(30,31)21-9-10-23(28-15-21)20-11-22(17(3)27-14-20)25-12-24(29-32-25)19-7-5-18(6-8-19)13-26-4/h5-12,14-16,26,30-31H,13H2,1-4H3. The Kier molecular flexibility index (Phi) is 6.62. The normalized spacial score (nSPS) is 12.3. The molecule has 7 nitrogen and oxygen atoms in total. The maximum atomic E-state index is 10.4. The number of nitrogens with zero attached hydrogens (tertiary/aromatic N) is 3. The van der Waals surface area contributed by atoms with Crippen LogP contribution in [0.5, 0.6) is 0 Å². The van der Waals surface area contributed by atoms with Crippen LogP contribution in [0.4, 0.5) is 0 Å². The van der Waals surface area contributed by atoms with Crippen molar-refractivity contribution in [1.29, 1.82) is 0 Å². The summed E-state index contributed by atoms with van der Waals surface area (Å²) in [6.45, 7) is 6.29. The molecule has 0 radical (unpaired) electrons. The second kappa shape index (κ2) is 9.44. The Hall–Kier alpha value is -3.04. The van der Waals surface area contributed by atoms with Crippen LogP contribution >= 0.6 is 10.6 Å². The number of aromatic nitrogens is 3. The van der Waals surface area contributed by atoms with Crippen molar-refractivity contribution in [3.63, 3.8) is 0 Å². The molecular weight excluding hydrogens is 436 g/mol. The molecule has 33 heavy (non-hydrogen) atoms. The molecule has 0 aliphatic carbocycles. The van der Waals surface area contributed by atoms with Crippen LogP contribution in [0.1, 0.15) is 25.1 Å². The Labute approximate surface area is 195 Å². The zero-order valence-electron chi connectivity index (χ0n) is 19.1. The van der Waals surface area contributed by atoms with Crippen molar-refractivity contribution in [1.82, 2.24) is 20.4 Å². The van der Waals surface area contributed by atoms with Crippen LogP contribution in [0.3, 0.4) is 0 Å². The average Bonchev–Trinajstić information content (AvgIpc) is 3.30. The fourth-order valence-corrected chi connectivity index (χ4v) is 4.48. The third-order valence-electron chi connectivity index (χ3n) is 5.53. The first-order chi connectivity index (χ1) is 15.8. The molecule has 0 spiro atoms. The van der Waals surface area contributed by atoms with Gasteiger partial charge in [0.05, 0.1) is 16.8 Å². The lowest BCUT2D eigenvalue weighted by Crippen LogP contribution is -2.10. The molecule has 0 aliphatic heterocycles. The molecule has 0 amide bonds. The van der Waals surface area contributed by atoms with Gasteiger partial charge in [-0.2, -0.15) is 10.6 Å². The molecule has 0 saturated heterocycles. The van der Waals surface area contributed by atoms with Crippen molar-refractivity contribution in [2.24, 2.45) is 0 Å². The van der Waals surface area contributed by atoms with Gasteiger partial charge in [0, 0.05) is 46.4 Å². The van der Waals surface area contributed by atoms with Gasteiger partial charge in [0.1, 0.15) is 5.69 Å². The summed E-state index contributed by atoms with van der Waals surface area (Å²) >= 11 is 0. The second-order valence-electron chi connectivity index (χ2n) is 8.18. The molecule has 3 N–H and O–H groups in total. The third kappa shape index (κ3) is 4.84. The predicted molar refractivity (Wildman–Crippen MR) is 132 cm³/mol. The van der Waals surface area contributed by atoms with Gasteiger partial charge in [0.25, 0.3) is 0 Å². The Morgan fingerprint density at radius 3 is 2.33 bits per heavy atom. The van der Waals surface area contributed by atoms with Crippen molar-refractivity contribution in [2.45, 2.75) is 37.5 Å². The number of hydrogen-bond acceptors (Lipinski definition) is 7. The topological polar surface area (TPSA) is 104 Å². The number of rotatable bonds is 7. The molecule has 4 aromatic rings. The van der Waals surface area contributed by atoms with Gasteiger partial charge < -0.3 is 9.84 Å². The lowest BCUT2D eigenvalue weighted by atomic mass is 10.0. The van der Waals surface area contributed by atoms with E-state index in [-0.39, 0.29) is 5.25 Å². The summed E-state index contributed by atoms with van der Waals surface area (Å²) in [5, 5.41) is 7.11. The second-order valence-corrected chi connectivity index (χ2v) is 10.8. The lowest BCUT2D eigenvalue weighted by Gasteiger charge is -2.36. The fraction of sp³-hybridized carbons (Fsp3) is 0.240. The molecule has 0 fully saturated rings. The molecule has 0 saturated carbocycles. The number of nitrogens with one attached hydrogen (secondary N) is 1. The Morgan fingerprint density at radius 2 is 1.70 bits per heavy atom. The summed E-state index contributed by atoms with van der Waals surface area (Å²) < 4.78 is 26.4. The number of benzene rings is 1. The highest BCUT2D eigenvalue weighted by molar-refractivity contribution is 8.24. The highest BCUT2D eigenvalue weighted by atomic mass is 32.3. The smallest absolute Gasteiger partial charge is 0.169 e. The summed E-state index contributed by atoms with van der Waals surface area (Å²) in [5.74, 6) is 0.627. The monoisotopic (exact) mass is 464 g/mol. The maximum Gasteiger partial charge on any atom is 0.169 e. The van der Waals surface area contributed by atoms with Crippen LogP contribution < -0.4 is 5.32 Å². The van der Waals surface area contributed by atoms with Crippen molar-refractivity contribution >= 4 is 10.6 Å². The van der Waals surface area contributed by atoms with Crippen LogP contribution in [0.25, 0.3) is 33.8 Å². The minimum Gasteiger partial charge on any atom is -0.356 e. The molecule has 4 rings (SSSR count). The molecule has 0 atom stereocenters. The van der Waals surface area contributed by atoms with E-state index < -0.39 is 10.6 Å². The zero-order chi connectivity index (χ0) is 23.6. The number of hydrogen-bond donors (Lipinski definition) is 3. The van der Waals surface area contributed by atoms with Crippen LogP contribution in [-0.2, 0) is 6.54 Å². The predicted octanol–water partition coefficient (Wildman–Crippen LogP) is 6.01. The van der Waals surface area contributed by atoms with Crippen LogP contribution in [0, 0.1) is 6.92 Å². The molecule has 3 heterocycles. The van der Waals surface area contributed by atoms with E-state index in [2.05, 4.69) is 32.6 Å². The lowest BCUT2D eigenvalue weighted by molar-refractivity contribution is 0.434. The van der Waals surface area contributed by atoms with E-state index in [1.807, 2.05) is 38.2 Å². The largest absolute Gasteiger partial charge is 0.356 e. The molecule has 3 aromatic heterocycles. The first kappa shape index (κ1) is 23.1. The van der Waals surface area contributed by atoms with E-state index >= 15 is 0 Å². The zero-order valence-corrected chi connectivity index (χ0v) is 19.9. The maximum absolute atomic E-state index is 10.4. The Bertz CT molecular complexity index is 1240.